The van der Waals surface area contributed by atoms with Crippen LogP contribution >= 0.6 is 0 Å². The first-order chi connectivity index (χ1) is 24.8. The minimum absolute atomic E-state index is 0.0437. The van der Waals surface area contributed by atoms with E-state index in [1.54, 1.807) is 12.1 Å². The second-order valence-electron chi connectivity index (χ2n) is 13.3. The Kier molecular flexibility index (Phi) is 16.8. The summed E-state index contributed by atoms with van der Waals surface area (Å²) in [7, 11) is 0. The number of likely N-dealkylation sites (tertiary alicyclic amines) is 1. The van der Waals surface area contributed by atoms with Gasteiger partial charge in [0.2, 0.25) is 11.8 Å². The molecule has 1 heterocycles. The van der Waals surface area contributed by atoms with Crippen LogP contribution < -0.4 is 10.6 Å². The number of benzene rings is 3. The molecular formula is C41H57N5O5. The summed E-state index contributed by atoms with van der Waals surface area (Å²) in [5.41, 5.74) is 3.69. The van der Waals surface area contributed by atoms with Crippen molar-refractivity contribution in [1.82, 2.24) is 20.0 Å². The third-order valence-electron chi connectivity index (χ3n) is 9.56. The van der Waals surface area contributed by atoms with E-state index in [9.17, 15) is 19.5 Å². The molecule has 1 saturated heterocycles. The quantitative estimate of drug-likeness (QED) is 0.110. The summed E-state index contributed by atoms with van der Waals surface area (Å²) in [5.74, 6) is 0.421. The number of aromatic hydroxyl groups is 1. The Morgan fingerprint density at radius 3 is 2.25 bits per heavy atom. The molecule has 1 fully saturated rings. The molecule has 10 nitrogen and oxygen atoms in total. The molecular weight excluding hydrogens is 642 g/mol. The average Bonchev–Trinajstić information content (AvgIpc) is 3.15. The largest absolute Gasteiger partial charge is 0.508 e. The summed E-state index contributed by atoms with van der Waals surface area (Å²) in [4.78, 5) is 44.9. The number of carbonyl (C=O) groups is 3. The fourth-order valence-corrected chi connectivity index (χ4v) is 6.45. The minimum atomic E-state index is -0.446. The Hall–Kier alpha value is -4.41. The van der Waals surface area contributed by atoms with Gasteiger partial charge in [0.05, 0.1) is 5.69 Å². The first-order valence-electron chi connectivity index (χ1n) is 18.7. The van der Waals surface area contributed by atoms with E-state index in [1.807, 2.05) is 71.6 Å². The number of ether oxygens (including phenoxy) is 1. The van der Waals surface area contributed by atoms with Crippen LogP contribution in [0.1, 0.15) is 70.8 Å². The van der Waals surface area contributed by atoms with Crippen molar-refractivity contribution in [3.05, 3.63) is 84.4 Å². The molecule has 3 aromatic rings. The summed E-state index contributed by atoms with van der Waals surface area (Å²) >= 11 is 0. The first kappa shape index (κ1) is 39.4. The maximum absolute atomic E-state index is 13.1. The van der Waals surface area contributed by atoms with E-state index in [0.29, 0.717) is 39.0 Å². The van der Waals surface area contributed by atoms with Crippen LogP contribution in [0, 0.1) is 0 Å². The van der Waals surface area contributed by atoms with Crippen molar-refractivity contribution in [2.75, 3.05) is 57.7 Å². The third kappa shape index (κ3) is 14.0. The molecule has 276 valence electrons. The second-order valence-corrected chi connectivity index (χ2v) is 13.3. The van der Waals surface area contributed by atoms with E-state index < -0.39 is 6.09 Å². The topological polar surface area (TPSA) is 114 Å². The van der Waals surface area contributed by atoms with Gasteiger partial charge in [0, 0.05) is 57.7 Å². The molecule has 0 radical (unpaired) electrons. The van der Waals surface area contributed by atoms with Gasteiger partial charge in [-0.1, -0.05) is 74.5 Å². The van der Waals surface area contributed by atoms with Gasteiger partial charge in [-0.2, -0.15) is 0 Å². The van der Waals surface area contributed by atoms with Crippen molar-refractivity contribution in [3.8, 4) is 16.9 Å². The number of rotatable bonds is 20. The van der Waals surface area contributed by atoms with Gasteiger partial charge >= 0.3 is 6.09 Å². The Morgan fingerprint density at radius 1 is 0.824 bits per heavy atom. The second kappa shape index (κ2) is 21.7. The average molecular weight is 700 g/mol. The summed E-state index contributed by atoms with van der Waals surface area (Å²) in [6, 6.07) is 24.7. The van der Waals surface area contributed by atoms with Crippen LogP contribution in [0.15, 0.2) is 78.9 Å². The van der Waals surface area contributed by atoms with E-state index in [0.717, 1.165) is 93.6 Å². The minimum Gasteiger partial charge on any atom is -0.508 e. The molecule has 3 N–H and O–H groups in total. The lowest BCUT2D eigenvalue weighted by atomic mass is 10.0. The van der Waals surface area contributed by atoms with Crippen LogP contribution in [0.2, 0.25) is 0 Å². The van der Waals surface area contributed by atoms with Crippen LogP contribution in [-0.2, 0) is 20.9 Å². The number of para-hydroxylation sites is 1. The van der Waals surface area contributed by atoms with E-state index in [1.165, 1.54) is 0 Å². The molecule has 0 bridgehead atoms. The lowest BCUT2D eigenvalue weighted by Gasteiger charge is -2.31. The fraction of sp³-hybridized carbons (Fsp3) is 0.488. The third-order valence-corrected chi connectivity index (χ3v) is 9.56. The number of unbranched alkanes of at least 4 members (excludes halogenated alkanes) is 2. The summed E-state index contributed by atoms with van der Waals surface area (Å²) in [6.07, 6.45) is 5.30. The van der Waals surface area contributed by atoms with Gasteiger partial charge in [0.1, 0.15) is 11.9 Å². The highest BCUT2D eigenvalue weighted by molar-refractivity contribution is 5.91. The number of carbonyl (C=O) groups excluding carboxylic acids is 3. The van der Waals surface area contributed by atoms with Crippen molar-refractivity contribution in [2.24, 2.45) is 0 Å². The number of hydrogen-bond acceptors (Lipinski definition) is 7. The summed E-state index contributed by atoms with van der Waals surface area (Å²) in [6.45, 7) is 11.2. The molecule has 4 rings (SSSR count). The van der Waals surface area contributed by atoms with Crippen LogP contribution in [0.5, 0.6) is 5.75 Å². The van der Waals surface area contributed by atoms with E-state index in [-0.39, 0.29) is 23.7 Å². The lowest BCUT2D eigenvalue weighted by Crippen LogP contribution is -2.40. The van der Waals surface area contributed by atoms with Gasteiger partial charge in [0.25, 0.3) is 0 Å². The highest BCUT2D eigenvalue weighted by Gasteiger charge is 2.23. The van der Waals surface area contributed by atoms with Crippen LogP contribution in [-0.4, -0.2) is 96.2 Å². The number of nitrogens with zero attached hydrogens (tertiary/aromatic N) is 3. The SMILES string of the molecule is CCN(CC)CCCC(=O)N(CCCCCNC(=O)CCN1CCC(OC(=O)Nc2ccccc2-c2ccccc2)CC1)Cc1ccc(O)cc1. The van der Waals surface area contributed by atoms with Crippen LogP contribution in [0.25, 0.3) is 11.1 Å². The molecule has 0 unspecified atom stereocenters. The number of phenols is 1. The Labute approximate surface area is 304 Å². The maximum Gasteiger partial charge on any atom is 0.411 e. The van der Waals surface area contributed by atoms with E-state index in [2.05, 4.69) is 34.3 Å². The van der Waals surface area contributed by atoms with Crippen molar-refractivity contribution in [3.63, 3.8) is 0 Å². The van der Waals surface area contributed by atoms with Gasteiger partial charge < -0.3 is 29.9 Å². The molecule has 10 heteroatoms. The monoisotopic (exact) mass is 699 g/mol. The van der Waals surface area contributed by atoms with Gasteiger partial charge in [-0.25, -0.2) is 4.79 Å². The zero-order chi connectivity index (χ0) is 36.3. The van der Waals surface area contributed by atoms with Crippen LogP contribution in [0.4, 0.5) is 10.5 Å². The highest BCUT2D eigenvalue weighted by atomic mass is 16.6. The molecule has 3 amide bonds. The molecule has 0 aliphatic carbocycles. The molecule has 0 spiro atoms. The lowest BCUT2D eigenvalue weighted by molar-refractivity contribution is -0.132. The van der Waals surface area contributed by atoms with Crippen molar-refractivity contribution in [1.29, 1.82) is 0 Å². The normalized spacial score (nSPS) is 13.5. The predicted octanol–water partition coefficient (Wildman–Crippen LogP) is 6.90. The summed E-state index contributed by atoms with van der Waals surface area (Å²) in [5, 5.41) is 15.6. The maximum atomic E-state index is 13.1. The Balaban J connectivity index is 1.08. The number of phenolic OH excluding ortho intramolecular Hbond substituents is 1. The Morgan fingerprint density at radius 2 is 1.53 bits per heavy atom. The Bertz CT molecular complexity index is 1470. The molecule has 51 heavy (non-hydrogen) atoms. The number of anilines is 1. The smallest absolute Gasteiger partial charge is 0.411 e. The fourth-order valence-electron chi connectivity index (χ4n) is 6.45. The molecule has 1 aliphatic rings. The zero-order valence-corrected chi connectivity index (χ0v) is 30.5. The number of nitrogens with one attached hydrogen (secondary N) is 2. The van der Waals surface area contributed by atoms with Crippen LogP contribution in [0.3, 0.4) is 0 Å². The molecule has 0 atom stereocenters. The number of amides is 3. The molecule has 0 saturated carbocycles. The predicted molar refractivity (Wildman–Crippen MR) is 203 cm³/mol. The van der Waals surface area contributed by atoms with Gasteiger partial charge in [0.15, 0.2) is 0 Å². The van der Waals surface area contributed by atoms with E-state index >= 15 is 0 Å². The van der Waals surface area contributed by atoms with E-state index in [4.69, 9.17) is 4.74 Å². The van der Waals surface area contributed by atoms with Gasteiger partial charge in [-0.3, -0.25) is 14.9 Å². The van der Waals surface area contributed by atoms with Crippen molar-refractivity contribution >= 4 is 23.6 Å². The summed E-state index contributed by atoms with van der Waals surface area (Å²) < 4.78 is 5.75. The van der Waals surface area contributed by atoms with Gasteiger partial charge in [-0.05, 0) is 87.5 Å². The standard InChI is InChI=1S/C41H57N5O5/c1-3-44(4-2)27-13-18-40(49)46(32-33-19-21-35(47)22-20-33)28-12-6-11-26-42-39(48)25-31-45-29-23-36(24-30-45)51-41(50)43-38-17-10-9-16-37(38)34-14-7-5-8-15-34/h5,7-10,14-17,19-22,36,47H,3-4,6,11-13,18,23-32H2,1-2H3,(H,42,48)(H,43,50). The molecule has 1 aliphatic heterocycles. The van der Waals surface area contributed by atoms with Crippen molar-refractivity contribution < 1.29 is 24.2 Å². The van der Waals surface area contributed by atoms with Crippen molar-refractivity contribution in [2.45, 2.75) is 77.9 Å². The highest BCUT2D eigenvalue weighted by Crippen LogP contribution is 2.28. The number of hydrogen-bond donors (Lipinski definition) is 3. The first-order valence-corrected chi connectivity index (χ1v) is 18.7. The van der Waals surface area contributed by atoms with Gasteiger partial charge in [-0.15, -0.1) is 0 Å². The zero-order valence-electron chi connectivity index (χ0n) is 30.5. The molecule has 0 aromatic heterocycles. The number of piperidine rings is 1. The molecule has 3 aromatic carbocycles.